The molecule has 1 heterocycles. The highest BCUT2D eigenvalue weighted by Crippen LogP contribution is 2.56. The molecule has 3 nitrogen and oxygen atoms in total. The zero-order chi connectivity index (χ0) is 10.3. The fraction of sp³-hybridized carbons (Fsp3) is 0.364. The maximum atomic E-state index is 11.3. The number of Topliss-reactive ketones (excluding diaryl/α,β-unsaturated/α-hetero) is 1. The number of hydrogen-bond donors (Lipinski definition) is 1. The molecule has 14 heavy (non-hydrogen) atoms. The first-order chi connectivity index (χ1) is 6.65. The molecule has 74 valence electrons. The van der Waals surface area contributed by atoms with Gasteiger partial charge in [0.15, 0.2) is 17.3 Å². The van der Waals surface area contributed by atoms with E-state index in [0.29, 0.717) is 17.1 Å². The Morgan fingerprint density at radius 1 is 1.50 bits per heavy atom. The predicted molar refractivity (Wildman–Crippen MR) is 52.2 cm³/mol. The summed E-state index contributed by atoms with van der Waals surface area (Å²) >= 11 is 0. The third kappa shape index (κ3) is 1.25. The average molecular weight is 192 g/mol. The Morgan fingerprint density at radius 2 is 2.21 bits per heavy atom. The molecule has 0 aliphatic carbocycles. The molecule has 1 aliphatic rings. The third-order valence-electron chi connectivity index (χ3n) is 2.36. The highest BCUT2D eigenvalue weighted by atomic mass is 16.6. The fourth-order valence-electron chi connectivity index (χ4n) is 1.67. The van der Waals surface area contributed by atoms with Gasteiger partial charge in [-0.1, -0.05) is 13.3 Å². The van der Waals surface area contributed by atoms with Gasteiger partial charge >= 0.3 is 0 Å². The molecule has 0 radical (unpaired) electrons. The second-order valence-corrected chi connectivity index (χ2v) is 3.49. The number of rotatable bonds is 3. The molecule has 0 spiro atoms. The number of aromatic hydroxyl groups is 1. The average Bonchev–Trinajstić information content (AvgIpc) is 2.89. The van der Waals surface area contributed by atoms with Crippen molar-refractivity contribution in [3.8, 4) is 17.2 Å². The number of carbonyl (C=O) groups excluding carboxylic acids is 1. The van der Waals surface area contributed by atoms with Crippen LogP contribution in [0.4, 0.5) is 0 Å². The first-order valence-corrected chi connectivity index (χ1v) is 4.72. The molecule has 0 aromatic heterocycles. The van der Waals surface area contributed by atoms with Crippen molar-refractivity contribution in [2.24, 2.45) is 0 Å². The maximum absolute atomic E-state index is 11.3. The Morgan fingerprint density at radius 3 is 2.79 bits per heavy atom. The van der Waals surface area contributed by atoms with E-state index >= 15 is 0 Å². The van der Waals surface area contributed by atoms with E-state index < -0.39 is 0 Å². The number of phenolic OH excluding ortho intramolecular Hbond substituents is 1. The fourth-order valence-corrected chi connectivity index (χ4v) is 1.67. The van der Waals surface area contributed by atoms with E-state index in [4.69, 9.17) is 4.74 Å². The van der Waals surface area contributed by atoms with Gasteiger partial charge in [-0.05, 0) is 19.4 Å². The number of benzene rings is 1. The van der Waals surface area contributed by atoms with Gasteiger partial charge in [0.2, 0.25) is 5.75 Å². The monoisotopic (exact) mass is 192 g/mol. The summed E-state index contributed by atoms with van der Waals surface area (Å²) in [5, 5.41) is 9.42. The van der Waals surface area contributed by atoms with Gasteiger partial charge in [-0.3, -0.25) is 4.79 Å². The van der Waals surface area contributed by atoms with Crippen LogP contribution in [0.25, 0.3) is 0 Å². The zero-order valence-electron chi connectivity index (χ0n) is 8.26. The van der Waals surface area contributed by atoms with Crippen LogP contribution in [0.15, 0.2) is 6.07 Å². The largest absolute Gasteiger partial charge is 0.504 e. The van der Waals surface area contributed by atoms with Crippen LogP contribution in [0.5, 0.6) is 17.2 Å². The minimum absolute atomic E-state index is 0.0259. The van der Waals surface area contributed by atoms with E-state index in [1.165, 1.54) is 13.0 Å². The van der Waals surface area contributed by atoms with Crippen LogP contribution in [0.1, 0.15) is 36.2 Å². The molecule has 2 rings (SSSR count). The minimum Gasteiger partial charge on any atom is -0.504 e. The van der Waals surface area contributed by atoms with Gasteiger partial charge < -0.3 is 9.84 Å². The summed E-state index contributed by atoms with van der Waals surface area (Å²) in [6.07, 6.45) is 1.78. The Kier molecular flexibility index (Phi) is 1.95. The van der Waals surface area contributed by atoms with Crippen LogP contribution in [0.2, 0.25) is 0 Å². The Balaban J connectivity index is 2.52. The molecule has 0 unspecified atom stereocenters. The summed E-state index contributed by atoms with van der Waals surface area (Å²) in [4.78, 5) is 11.3. The lowest BCUT2D eigenvalue weighted by atomic mass is 10.0. The number of hydrogen-bond acceptors (Lipinski definition) is 3. The van der Waals surface area contributed by atoms with Gasteiger partial charge in [-0.25, -0.2) is 0 Å². The van der Waals surface area contributed by atoms with E-state index in [9.17, 15) is 9.90 Å². The van der Waals surface area contributed by atoms with Crippen molar-refractivity contribution in [3.63, 3.8) is 0 Å². The summed E-state index contributed by atoms with van der Waals surface area (Å²) in [5.74, 6) is 1.29. The Labute approximate surface area is 82.3 Å². The topological polar surface area (TPSA) is 49.8 Å². The van der Waals surface area contributed by atoms with Crippen LogP contribution >= 0.6 is 0 Å². The van der Waals surface area contributed by atoms with Crippen molar-refractivity contribution in [1.29, 1.82) is 0 Å². The normalized spacial score (nSPS) is 11.9. The lowest BCUT2D eigenvalue weighted by Gasteiger charge is -2.02. The maximum Gasteiger partial charge on any atom is 0.212 e. The van der Waals surface area contributed by atoms with Crippen LogP contribution in [0, 0.1) is 0 Å². The van der Waals surface area contributed by atoms with Gasteiger partial charge in [0.1, 0.15) is 0 Å². The first kappa shape index (κ1) is 9.06. The summed E-state index contributed by atoms with van der Waals surface area (Å²) in [6.45, 7) is 3.55. The molecule has 0 amide bonds. The molecular weight excluding hydrogens is 180 g/mol. The first-order valence-electron chi connectivity index (χ1n) is 4.72. The van der Waals surface area contributed by atoms with Gasteiger partial charge in [0.05, 0.1) is 0 Å². The Bertz CT molecular complexity index is 407. The molecule has 0 atom stereocenters. The van der Waals surface area contributed by atoms with E-state index in [0.717, 1.165) is 18.4 Å². The van der Waals surface area contributed by atoms with Crippen LogP contribution < -0.4 is 4.74 Å². The van der Waals surface area contributed by atoms with E-state index in [1.807, 2.05) is 6.92 Å². The van der Waals surface area contributed by atoms with Crippen molar-refractivity contribution >= 4 is 5.78 Å². The van der Waals surface area contributed by atoms with Crippen molar-refractivity contribution in [1.82, 2.24) is 0 Å². The number of ether oxygens (including phenoxy) is 1. The molecule has 1 N–H and O–H groups in total. The summed E-state index contributed by atoms with van der Waals surface area (Å²) < 4.78 is 5.14. The number of carbonyl (C=O) groups is 1. The van der Waals surface area contributed by atoms with E-state index in [2.05, 4.69) is 0 Å². The molecule has 0 fully saturated rings. The third-order valence-corrected chi connectivity index (χ3v) is 2.36. The van der Waals surface area contributed by atoms with Crippen LogP contribution in [-0.4, -0.2) is 10.9 Å². The smallest absolute Gasteiger partial charge is 0.212 e. The van der Waals surface area contributed by atoms with Gasteiger partial charge in [-0.15, -0.1) is 0 Å². The number of ketones is 1. The van der Waals surface area contributed by atoms with Crippen molar-refractivity contribution in [2.75, 3.05) is 0 Å². The molecule has 1 aromatic rings. The second-order valence-electron chi connectivity index (χ2n) is 3.49. The SMILES string of the molecule is CCCc1c(C(C)=O)cc(O)c2c1O2. The molecule has 1 aliphatic heterocycles. The molecule has 0 saturated heterocycles. The predicted octanol–water partition coefficient (Wildman–Crippen LogP) is 2.65. The number of fused-ring (bicyclic) bond motifs is 1. The van der Waals surface area contributed by atoms with Crippen LogP contribution in [-0.2, 0) is 6.42 Å². The second kappa shape index (κ2) is 3.01. The molecule has 0 saturated carbocycles. The standard InChI is InChI=1S/C11H12O3/c1-3-4-7-8(6(2)12)5-9(13)11-10(7)14-11/h5,13H,3-4H2,1-2H3. The molecule has 3 heteroatoms. The number of phenols is 1. The lowest BCUT2D eigenvalue weighted by Crippen LogP contribution is -1.97. The molecular formula is C11H12O3. The summed E-state index contributed by atoms with van der Waals surface area (Å²) in [6, 6.07) is 1.50. The van der Waals surface area contributed by atoms with E-state index in [-0.39, 0.29) is 11.5 Å². The Hall–Kier alpha value is -1.51. The minimum atomic E-state index is -0.0259. The molecule has 0 bridgehead atoms. The highest BCUT2D eigenvalue weighted by molar-refractivity contribution is 5.98. The molecule has 1 aromatic carbocycles. The van der Waals surface area contributed by atoms with E-state index in [1.54, 1.807) is 0 Å². The van der Waals surface area contributed by atoms with Gasteiger partial charge in [0, 0.05) is 11.1 Å². The van der Waals surface area contributed by atoms with Crippen molar-refractivity contribution < 1.29 is 14.6 Å². The summed E-state index contributed by atoms with van der Waals surface area (Å²) in [5.41, 5.74) is 1.52. The summed E-state index contributed by atoms with van der Waals surface area (Å²) in [7, 11) is 0. The zero-order valence-corrected chi connectivity index (χ0v) is 8.26. The highest BCUT2D eigenvalue weighted by Gasteiger charge is 2.32. The lowest BCUT2D eigenvalue weighted by molar-refractivity contribution is 0.101. The van der Waals surface area contributed by atoms with Crippen molar-refractivity contribution in [3.05, 3.63) is 17.2 Å². The van der Waals surface area contributed by atoms with Gasteiger partial charge in [0.25, 0.3) is 0 Å². The van der Waals surface area contributed by atoms with Crippen LogP contribution in [0.3, 0.4) is 0 Å². The van der Waals surface area contributed by atoms with Gasteiger partial charge in [-0.2, -0.15) is 0 Å². The quantitative estimate of drug-likeness (QED) is 0.600. The van der Waals surface area contributed by atoms with Crippen molar-refractivity contribution in [2.45, 2.75) is 26.7 Å².